The number of likely N-dealkylation sites (tertiary alicyclic amines) is 1. The monoisotopic (exact) mass is 282 g/mol. The molecule has 4 nitrogen and oxygen atoms in total. The Labute approximate surface area is 118 Å². The topological polar surface area (TPSA) is 41.6 Å². The fraction of sp³-hybridized carbons (Fsp3) is 0.643. The lowest BCUT2D eigenvalue weighted by Crippen LogP contribution is -2.45. The Morgan fingerprint density at radius 2 is 2.32 bits per heavy atom. The zero-order valence-corrected chi connectivity index (χ0v) is 12.2. The van der Waals surface area contributed by atoms with Gasteiger partial charge in [0.15, 0.2) is 0 Å². The van der Waals surface area contributed by atoms with Gasteiger partial charge in [-0.3, -0.25) is 0 Å². The molecule has 2 rings (SSSR count). The Bertz CT molecular complexity index is 373. The summed E-state index contributed by atoms with van der Waals surface area (Å²) >= 11 is 1.81. The van der Waals surface area contributed by atoms with Crippen molar-refractivity contribution in [3.8, 4) is 0 Å². The number of carbonyl (C=O) groups is 1. The molecule has 1 aromatic heterocycles. The molecule has 19 heavy (non-hydrogen) atoms. The molecule has 1 amide bonds. The molecule has 0 unspecified atom stereocenters. The van der Waals surface area contributed by atoms with E-state index in [0.717, 1.165) is 38.9 Å². The van der Waals surface area contributed by atoms with Crippen molar-refractivity contribution < 1.29 is 9.53 Å². The molecule has 1 saturated heterocycles. The summed E-state index contributed by atoms with van der Waals surface area (Å²) in [4.78, 5) is 14.8. The number of ether oxygens (including phenoxy) is 1. The maximum atomic E-state index is 11.6. The second-order valence-corrected chi connectivity index (χ2v) is 5.78. The highest BCUT2D eigenvalue weighted by molar-refractivity contribution is 7.09. The molecule has 1 fully saturated rings. The predicted octanol–water partition coefficient (Wildman–Crippen LogP) is 2.50. The molecular weight excluding hydrogens is 260 g/mol. The first-order chi connectivity index (χ1) is 9.29. The average Bonchev–Trinajstić information content (AvgIpc) is 2.93. The Morgan fingerprint density at radius 1 is 1.53 bits per heavy atom. The molecule has 2 heterocycles. The molecule has 0 atom stereocenters. The number of thiophene rings is 1. The van der Waals surface area contributed by atoms with Crippen LogP contribution in [0.3, 0.4) is 0 Å². The first kappa shape index (κ1) is 14.3. The second kappa shape index (κ2) is 7.50. The number of nitrogens with zero attached hydrogens (tertiary/aromatic N) is 1. The van der Waals surface area contributed by atoms with Crippen molar-refractivity contribution in [2.75, 3.05) is 26.2 Å². The fourth-order valence-corrected chi connectivity index (χ4v) is 3.04. The number of piperidine rings is 1. The van der Waals surface area contributed by atoms with Crippen LogP contribution < -0.4 is 5.32 Å². The SMILES string of the molecule is CCOC(=O)N1CCC(NCCc2cccs2)CC1. The largest absolute Gasteiger partial charge is 0.450 e. The van der Waals surface area contributed by atoms with Gasteiger partial charge in [0, 0.05) is 30.6 Å². The number of hydrogen-bond donors (Lipinski definition) is 1. The normalized spacial score (nSPS) is 16.6. The average molecular weight is 282 g/mol. The standard InChI is InChI=1S/C14H22N2O2S/c1-2-18-14(17)16-9-6-12(7-10-16)15-8-5-13-4-3-11-19-13/h3-4,11-12,15H,2,5-10H2,1H3. The van der Waals surface area contributed by atoms with E-state index in [1.807, 2.05) is 18.3 Å². The van der Waals surface area contributed by atoms with Crippen molar-refractivity contribution in [2.45, 2.75) is 32.2 Å². The molecule has 0 aliphatic carbocycles. The molecule has 1 aliphatic heterocycles. The molecule has 5 heteroatoms. The van der Waals surface area contributed by atoms with Crippen molar-refractivity contribution in [1.82, 2.24) is 10.2 Å². The van der Waals surface area contributed by atoms with E-state index in [-0.39, 0.29) is 6.09 Å². The smallest absolute Gasteiger partial charge is 0.409 e. The van der Waals surface area contributed by atoms with Crippen molar-refractivity contribution in [2.24, 2.45) is 0 Å². The van der Waals surface area contributed by atoms with Gasteiger partial charge in [-0.2, -0.15) is 0 Å². The zero-order chi connectivity index (χ0) is 13.5. The molecule has 1 aliphatic rings. The van der Waals surface area contributed by atoms with E-state index in [1.54, 1.807) is 4.90 Å². The zero-order valence-electron chi connectivity index (χ0n) is 11.4. The Kier molecular flexibility index (Phi) is 5.66. The molecule has 0 radical (unpaired) electrons. The van der Waals surface area contributed by atoms with E-state index in [2.05, 4.69) is 22.8 Å². The summed E-state index contributed by atoms with van der Waals surface area (Å²) in [6.45, 7) is 4.92. The van der Waals surface area contributed by atoms with Crippen molar-refractivity contribution >= 4 is 17.4 Å². The number of rotatable bonds is 5. The molecular formula is C14H22N2O2S. The minimum atomic E-state index is -0.167. The van der Waals surface area contributed by atoms with E-state index in [4.69, 9.17) is 4.74 Å². The third kappa shape index (κ3) is 4.51. The van der Waals surface area contributed by atoms with Gasteiger partial charge in [0.05, 0.1) is 6.61 Å². The fourth-order valence-electron chi connectivity index (χ4n) is 2.34. The Morgan fingerprint density at radius 3 is 2.95 bits per heavy atom. The number of nitrogens with one attached hydrogen (secondary N) is 1. The van der Waals surface area contributed by atoms with Gasteiger partial charge >= 0.3 is 6.09 Å². The summed E-state index contributed by atoms with van der Waals surface area (Å²) in [5, 5.41) is 5.70. The number of hydrogen-bond acceptors (Lipinski definition) is 4. The van der Waals surface area contributed by atoms with Crippen LogP contribution in [-0.2, 0) is 11.2 Å². The van der Waals surface area contributed by atoms with Crippen LogP contribution in [0.2, 0.25) is 0 Å². The van der Waals surface area contributed by atoms with Gasteiger partial charge in [0.2, 0.25) is 0 Å². The summed E-state index contributed by atoms with van der Waals surface area (Å²) in [6.07, 6.45) is 2.96. The van der Waals surface area contributed by atoms with Crippen LogP contribution in [0.1, 0.15) is 24.6 Å². The summed E-state index contributed by atoms with van der Waals surface area (Å²) in [5.41, 5.74) is 0. The summed E-state index contributed by atoms with van der Waals surface area (Å²) in [7, 11) is 0. The van der Waals surface area contributed by atoms with E-state index in [1.165, 1.54) is 4.88 Å². The lowest BCUT2D eigenvalue weighted by Gasteiger charge is -2.31. The highest BCUT2D eigenvalue weighted by atomic mass is 32.1. The first-order valence-electron chi connectivity index (χ1n) is 6.97. The van der Waals surface area contributed by atoms with Crippen molar-refractivity contribution in [3.63, 3.8) is 0 Å². The van der Waals surface area contributed by atoms with Gasteiger partial charge in [-0.1, -0.05) is 6.07 Å². The molecule has 0 bridgehead atoms. The molecule has 1 N–H and O–H groups in total. The van der Waals surface area contributed by atoms with Gasteiger partial charge in [-0.25, -0.2) is 4.79 Å². The summed E-state index contributed by atoms with van der Waals surface area (Å²) < 4.78 is 5.01. The number of amides is 1. The lowest BCUT2D eigenvalue weighted by molar-refractivity contribution is 0.0952. The van der Waals surface area contributed by atoms with Crippen molar-refractivity contribution in [3.05, 3.63) is 22.4 Å². The Balaban J connectivity index is 1.62. The Hall–Kier alpha value is -1.07. The van der Waals surface area contributed by atoms with Gasteiger partial charge < -0.3 is 15.0 Å². The molecule has 0 spiro atoms. The third-order valence-electron chi connectivity index (χ3n) is 3.41. The first-order valence-corrected chi connectivity index (χ1v) is 7.85. The molecule has 0 saturated carbocycles. The highest BCUT2D eigenvalue weighted by Crippen LogP contribution is 2.12. The van der Waals surface area contributed by atoms with E-state index in [9.17, 15) is 4.79 Å². The predicted molar refractivity (Wildman–Crippen MR) is 77.6 cm³/mol. The molecule has 1 aromatic rings. The van der Waals surface area contributed by atoms with E-state index >= 15 is 0 Å². The second-order valence-electron chi connectivity index (χ2n) is 4.74. The van der Waals surface area contributed by atoms with E-state index < -0.39 is 0 Å². The molecule has 106 valence electrons. The van der Waals surface area contributed by atoms with Gasteiger partial charge in [0.25, 0.3) is 0 Å². The maximum absolute atomic E-state index is 11.6. The van der Waals surface area contributed by atoms with Crippen molar-refractivity contribution in [1.29, 1.82) is 0 Å². The van der Waals surface area contributed by atoms with Gasteiger partial charge in [-0.05, 0) is 37.6 Å². The minimum Gasteiger partial charge on any atom is -0.450 e. The van der Waals surface area contributed by atoms with Gasteiger partial charge in [-0.15, -0.1) is 11.3 Å². The maximum Gasteiger partial charge on any atom is 0.409 e. The molecule has 0 aromatic carbocycles. The van der Waals surface area contributed by atoms with E-state index in [0.29, 0.717) is 12.6 Å². The lowest BCUT2D eigenvalue weighted by atomic mass is 10.1. The van der Waals surface area contributed by atoms with Crippen LogP contribution in [0.5, 0.6) is 0 Å². The van der Waals surface area contributed by atoms with Crippen LogP contribution in [0, 0.1) is 0 Å². The minimum absolute atomic E-state index is 0.167. The summed E-state index contributed by atoms with van der Waals surface area (Å²) in [6, 6.07) is 4.80. The van der Waals surface area contributed by atoms with Gasteiger partial charge in [0.1, 0.15) is 0 Å². The third-order valence-corrected chi connectivity index (χ3v) is 4.34. The summed E-state index contributed by atoms with van der Waals surface area (Å²) in [5.74, 6) is 0. The van der Waals surface area contributed by atoms with Crippen LogP contribution >= 0.6 is 11.3 Å². The van der Waals surface area contributed by atoms with Crippen LogP contribution in [-0.4, -0.2) is 43.3 Å². The van der Waals surface area contributed by atoms with Crippen LogP contribution in [0.4, 0.5) is 4.79 Å². The van der Waals surface area contributed by atoms with Crippen LogP contribution in [0.15, 0.2) is 17.5 Å². The van der Waals surface area contributed by atoms with Crippen LogP contribution in [0.25, 0.3) is 0 Å². The highest BCUT2D eigenvalue weighted by Gasteiger charge is 2.22. The quantitative estimate of drug-likeness (QED) is 0.902. The number of carbonyl (C=O) groups excluding carboxylic acids is 1.